The lowest BCUT2D eigenvalue weighted by Crippen LogP contribution is -2.53. The average molecular weight is 321 g/mol. The van der Waals surface area contributed by atoms with Crippen LogP contribution in [0.25, 0.3) is 0 Å². The van der Waals surface area contributed by atoms with Crippen molar-refractivity contribution in [3.8, 4) is 5.75 Å². The molecule has 1 amide bonds. The molecule has 0 spiro atoms. The van der Waals surface area contributed by atoms with Crippen molar-refractivity contribution in [3.05, 3.63) is 29.8 Å². The van der Waals surface area contributed by atoms with E-state index in [1.54, 1.807) is 13.8 Å². The molecule has 0 saturated carbocycles. The highest BCUT2D eigenvalue weighted by Crippen LogP contribution is 2.27. The van der Waals surface area contributed by atoms with E-state index >= 15 is 0 Å². The van der Waals surface area contributed by atoms with Gasteiger partial charge in [-0.15, -0.1) is 0 Å². The number of aryl methyl sites for hydroxylation is 1. The Kier molecular flexibility index (Phi) is 4.31. The van der Waals surface area contributed by atoms with Crippen LogP contribution >= 0.6 is 0 Å². The molecule has 0 bridgehead atoms. The van der Waals surface area contributed by atoms with Gasteiger partial charge in [-0.3, -0.25) is 4.79 Å². The lowest BCUT2D eigenvalue weighted by atomic mass is 10.0. The maximum Gasteiger partial charge on any atom is 0.263 e. The van der Waals surface area contributed by atoms with Crippen LogP contribution in [0.15, 0.2) is 24.3 Å². The van der Waals surface area contributed by atoms with Gasteiger partial charge < -0.3 is 24.6 Å². The Hall–Kier alpha value is -1.63. The van der Waals surface area contributed by atoms with Gasteiger partial charge in [0.1, 0.15) is 24.1 Å². The summed E-state index contributed by atoms with van der Waals surface area (Å²) < 4.78 is 16.9. The van der Waals surface area contributed by atoms with E-state index in [0.717, 1.165) is 5.56 Å². The number of carbonyl (C=O) groups excluding carboxylic acids is 1. The van der Waals surface area contributed by atoms with Crippen LogP contribution in [0.5, 0.6) is 5.75 Å². The van der Waals surface area contributed by atoms with Gasteiger partial charge in [0.05, 0.1) is 19.3 Å². The van der Waals surface area contributed by atoms with Crippen LogP contribution in [-0.4, -0.2) is 54.2 Å². The zero-order chi connectivity index (χ0) is 16.6. The number of ether oxygens (including phenoxy) is 3. The molecule has 1 aromatic carbocycles. The van der Waals surface area contributed by atoms with Crippen molar-refractivity contribution in [2.75, 3.05) is 13.2 Å². The van der Waals surface area contributed by atoms with Crippen LogP contribution in [0.2, 0.25) is 0 Å². The number of rotatable bonds is 4. The number of carbonyl (C=O) groups is 1. The smallest absolute Gasteiger partial charge is 0.263 e. The molecule has 0 aliphatic carbocycles. The molecule has 2 aliphatic rings. The fourth-order valence-corrected chi connectivity index (χ4v) is 2.96. The van der Waals surface area contributed by atoms with Gasteiger partial charge in [0, 0.05) is 0 Å². The molecular formula is C17H23NO5. The number of benzene rings is 1. The van der Waals surface area contributed by atoms with E-state index < -0.39 is 11.7 Å². The summed E-state index contributed by atoms with van der Waals surface area (Å²) in [5.41, 5.74) is 0.0439. The van der Waals surface area contributed by atoms with Gasteiger partial charge in [-0.25, -0.2) is 0 Å². The molecule has 6 heteroatoms. The highest BCUT2D eigenvalue weighted by Gasteiger charge is 2.48. The van der Waals surface area contributed by atoms with Crippen LogP contribution in [0.1, 0.15) is 19.4 Å². The minimum Gasteiger partial charge on any atom is -0.478 e. The summed E-state index contributed by atoms with van der Waals surface area (Å²) in [4.78, 5) is 12.6. The van der Waals surface area contributed by atoms with Crippen molar-refractivity contribution < 1.29 is 24.1 Å². The molecule has 2 heterocycles. The largest absolute Gasteiger partial charge is 0.478 e. The van der Waals surface area contributed by atoms with Crippen LogP contribution < -0.4 is 10.1 Å². The van der Waals surface area contributed by atoms with E-state index in [2.05, 4.69) is 5.32 Å². The highest BCUT2D eigenvalue weighted by molar-refractivity contribution is 5.85. The molecule has 1 aromatic rings. The summed E-state index contributed by atoms with van der Waals surface area (Å²) in [6.45, 7) is 5.99. The first-order valence-electron chi connectivity index (χ1n) is 7.85. The topological polar surface area (TPSA) is 77.0 Å². The molecule has 23 heavy (non-hydrogen) atoms. The van der Waals surface area contributed by atoms with E-state index in [-0.39, 0.29) is 30.8 Å². The second kappa shape index (κ2) is 6.11. The minimum absolute atomic E-state index is 0.238. The molecule has 2 aliphatic heterocycles. The van der Waals surface area contributed by atoms with E-state index in [1.807, 2.05) is 31.2 Å². The van der Waals surface area contributed by atoms with Crippen LogP contribution in [0.4, 0.5) is 0 Å². The van der Waals surface area contributed by atoms with Crippen LogP contribution in [-0.2, 0) is 14.3 Å². The average Bonchev–Trinajstić information content (AvgIpc) is 3.03. The molecule has 0 radical (unpaired) electrons. The first-order valence-corrected chi connectivity index (χ1v) is 7.85. The number of hydrogen-bond donors (Lipinski definition) is 2. The maximum atomic E-state index is 12.6. The molecule has 2 N–H and O–H groups in total. The standard InChI is InChI=1S/C17H23NO5/c1-10-5-4-6-11(7-10)23-17(2,3)16(20)18-12-8-21-15-13(19)9-22-14(12)15/h4-7,12-15,19H,8-9H2,1-3H3,(H,18,20)/t12-,13+,14+,15+/m0/s1. The summed E-state index contributed by atoms with van der Waals surface area (Å²) in [6, 6.07) is 7.30. The van der Waals surface area contributed by atoms with Gasteiger partial charge in [0.15, 0.2) is 5.60 Å². The van der Waals surface area contributed by atoms with E-state index in [1.165, 1.54) is 0 Å². The first-order chi connectivity index (χ1) is 10.9. The number of hydrogen-bond acceptors (Lipinski definition) is 5. The zero-order valence-electron chi connectivity index (χ0n) is 13.6. The van der Waals surface area contributed by atoms with Crippen molar-refractivity contribution in [1.82, 2.24) is 5.32 Å². The van der Waals surface area contributed by atoms with Crippen molar-refractivity contribution in [2.24, 2.45) is 0 Å². The molecule has 2 fully saturated rings. The summed E-state index contributed by atoms with van der Waals surface area (Å²) >= 11 is 0. The number of nitrogens with one attached hydrogen (secondary N) is 1. The van der Waals surface area contributed by atoms with Crippen molar-refractivity contribution >= 4 is 5.91 Å². The Labute approximate surface area is 135 Å². The number of aliphatic hydroxyl groups is 1. The monoisotopic (exact) mass is 321 g/mol. The minimum atomic E-state index is -1.02. The predicted molar refractivity (Wildman–Crippen MR) is 83.3 cm³/mol. The van der Waals surface area contributed by atoms with Crippen molar-refractivity contribution in [1.29, 1.82) is 0 Å². The molecule has 126 valence electrons. The molecule has 3 rings (SSSR count). The summed E-state index contributed by atoms with van der Waals surface area (Å²) in [5, 5.41) is 12.7. The quantitative estimate of drug-likeness (QED) is 0.858. The van der Waals surface area contributed by atoms with E-state index in [4.69, 9.17) is 14.2 Å². The van der Waals surface area contributed by atoms with E-state index in [0.29, 0.717) is 12.4 Å². The van der Waals surface area contributed by atoms with Gasteiger partial charge in [0.25, 0.3) is 5.91 Å². The molecule has 6 nitrogen and oxygen atoms in total. The Bertz CT molecular complexity index is 588. The first kappa shape index (κ1) is 16.2. The lowest BCUT2D eigenvalue weighted by Gasteiger charge is -2.28. The Morgan fingerprint density at radius 1 is 1.30 bits per heavy atom. The fraction of sp³-hybridized carbons (Fsp3) is 0.588. The fourth-order valence-electron chi connectivity index (χ4n) is 2.96. The number of amides is 1. The second-order valence-electron chi connectivity index (χ2n) is 6.67. The zero-order valence-corrected chi connectivity index (χ0v) is 13.6. The second-order valence-corrected chi connectivity index (χ2v) is 6.67. The molecular weight excluding hydrogens is 298 g/mol. The third kappa shape index (κ3) is 3.34. The SMILES string of the molecule is Cc1cccc(OC(C)(C)C(=O)N[C@H]2CO[C@H]3[C@@H]2OC[C@H]3O)c1. The van der Waals surface area contributed by atoms with Gasteiger partial charge in [-0.2, -0.15) is 0 Å². The molecule has 2 saturated heterocycles. The third-order valence-electron chi connectivity index (χ3n) is 4.25. The third-order valence-corrected chi connectivity index (χ3v) is 4.25. The number of aliphatic hydroxyl groups excluding tert-OH is 1. The van der Waals surface area contributed by atoms with Crippen molar-refractivity contribution in [3.63, 3.8) is 0 Å². The van der Waals surface area contributed by atoms with Crippen LogP contribution in [0, 0.1) is 6.92 Å². The highest BCUT2D eigenvalue weighted by atomic mass is 16.6. The summed E-state index contributed by atoms with van der Waals surface area (Å²) in [7, 11) is 0. The van der Waals surface area contributed by atoms with Gasteiger partial charge in [-0.05, 0) is 38.5 Å². The van der Waals surface area contributed by atoms with Gasteiger partial charge in [0.2, 0.25) is 0 Å². The summed E-state index contributed by atoms with van der Waals surface area (Å²) in [6.07, 6.45) is -1.29. The number of fused-ring (bicyclic) bond motifs is 1. The molecule has 0 unspecified atom stereocenters. The Balaban J connectivity index is 1.63. The maximum absolute atomic E-state index is 12.6. The van der Waals surface area contributed by atoms with Crippen LogP contribution in [0.3, 0.4) is 0 Å². The Morgan fingerprint density at radius 2 is 2.04 bits per heavy atom. The summed E-state index contributed by atoms with van der Waals surface area (Å²) in [5.74, 6) is 0.413. The normalized spacial score (nSPS) is 30.1. The Morgan fingerprint density at radius 3 is 2.78 bits per heavy atom. The molecule has 0 aromatic heterocycles. The van der Waals surface area contributed by atoms with Gasteiger partial charge in [-0.1, -0.05) is 12.1 Å². The predicted octanol–water partition coefficient (Wildman–Crippen LogP) is 0.796. The van der Waals surface area contributed by atoms with Gasteiger partial charge >= 0.3 is 0 Å². The van der Waals surface area contributed by atoms with Crippen molar-refractivity contribution in [2.45, 2.75) is 50.7 Å². The lowest BCUT2D eigenvalue weighted by molar-refractivity contribution is -0.135. The van der Waals surface area contributed by atoms with E-state index in [9.17, 15) is 9.90 Å². The molecule has 4 atom stereocenters.